The summed E-state index contributed by atoms with van der Waals surface area (Å²) in [4.78, 5) is 24.0. The number of carbonyl (C=O) groups excluding carboxylic acids is 1. The SMILES string of the molecule is CC(C)CC(CCCNC=O)c1ncc(-c2ccc(-c3ccc(C4=CN(C)ON4)cc3)cc2)[nH]1. The van der Waals surface area contributed by atoms with Crippen LogP contribution in [-0.2, 0) is 9.73 Å². The first-order valence-corrected chi connectivity index (χ1v) is 11.8. The molecule has 3 N–H and O–H groups in total. The van der Waals surface area contributed by atoms with Gasteiger partial charge in [-0.05, 0) is 41.9 Å². The molecular formula is C27H33N5O2. The van der Waals surface area contributed by atoms with Gasteiger partial charge in [0.15, 0.2) is 0 Å². The molecule has 0 aliphatic carbocycles. The second-order valence-corrected chi connectivity index (χ2v) is 9.16. The number of nitrogens with one attached hydrogen (secondary N) is 3. The number of hydrogen-bond acceptors (Lipinski definition) is 5. The van der Waals surface area contributed by atoms with Gasteiger partial charge in [-0.3, -0.25) is 4.79 Å². The standard InChI is InChI=1S/C27H33N5O2/c1-19(2)15-24(5-4-14-28-18-33)27-29-16-25(30-27)22-10-6-20(7-11-22)21-8-12-23(13-9-21)26-17-32(3)34-31-26/h6-13,16-19,24,31H,4-5,14-15H2,1-3H3,(H,28,33)(H,29,30). The fourth-order valence-corrected chi connectivity index (χ4v) is 4.31. The van der Waals surface area contributed by atoms with Crippen molar-refractivity contribution in [3.05, 3.63) is 72.3 Å². The fourth-order valence-electron chi connectivity index (χ4n) is 4.31. The number of rotatable bonds is 11. The van der Waals surface area contributed by atoms with Crippen molar-refractivity contribution in [2.24, 2.45) is 5.92 Å². The lowest BCUT2D eigenvalue weighted by Gasteiger charge is -2.17. The van der Waals surface area contributed by atoms with Gasteiger partial charge in [-0.15, -0.1) is 0 Å². The quantitative estimate of drug-likeness (QED) is 0.275. The normalized spacial score (nSPS) is 14.1. The van der Waals surface area contributed by atoms with Gasteiger partial charge in [-0.1, -0.05) is 62.4 Å². The van der Waals surface area contributed by atoms with E-state index in [0.717, 1.165) is 65.1 Å². The zero-order chi connectivity index (χ0) is 23.9. The minimum atomic E-state index is 0.356. The largest absolute Gasteiger partial charge is 0.359 e. The molecule has 1 atom stereocenters. The molecule has 7 nitrogen and oxygen atoms in total. The molecule has 2 heterocycles. The van der Waals surface area contributed by atoms with Crippen LogP contribution in [0.25, 0.3) is 28.1 Å². The maximum absolute atomic E-state index is 10.5. The van der Waals surface area contributed by atoms with Crippen LogP contribution in [0.2, 0.25) is 0 Å². The highest BCUT2D eigenvalue weighted by Gasteiger charge is 2.17. The van der Waals surface area contributed by atoms with Gasteiger partial charge in [-0.25, -0.2) is 15.5 Å². The molecule has 0 bridgehead atoms. The number of carbonyl (C=O) groups is 1. The van der Waals surface area contributed by atoms with Crippen LogP contribution in [-0.4, -0.2) is 35.0 Å². The highest BCUT2D eigenvalue weighted by molar-refractivity contribution is 5.71. The average molecular weight is 460 g/mol. The number of nitrogens with zero attached hydrogens (tertiary/aromatic N) is 2. The Morgan fingerprint density at radius 1 is 1.03 bits per heavy atom. The Balaban J connectivity index is 1.44. The number of aromatic amines is 1. The van der Waals surface area contributed by atoms with Crippen LogP contribution in [0.15, 0.2) is 60.9 Å². The lowest BCUT2D eigenvalue weighted by atomic mass is 9.92. The summed E-state index contributed by atoms with van der Waals surface area (Å²) < 4.78 is 0. The molecule has 0 saturated heterocycles. The number of imidazole rings is 1. The van der Waals surface area contributed by atoms with E-state index < -0.39 is 0 Å². The molecule has 1 aromatic heterocycles. The predicted octanol–water partition coefficient (Wildman–Crippen LogP) is 5.08. The van der Waals surface area contributed by atoms with Crippen molar-refractivity contribution in [1.82, 2.24) is 25.8 Å². The lowest BCUT2D eigenvalue weighted by molar-refractivity contribution is -0.121. The molecule has 3 aromatic rings. The first-order chi connectivity index (χ1) is 16.5. The molecule has 0 saturated carbocycles. The first-order valence-electron chi connectivity index (χ1n) is 11.8. The third kappa shape index (κ3) is 5.85. The Morgan fingerprint density at radius 3 is 2.26 bits per heavy atom. The Labute approximate surface area is 201 Å². The number of aromatic nitrogens is 2. The van der Waals surface area contributed by atoms with Crippen molar-refractivity contribution in [2.75, 3.05) is 13.6 Å². The molecule has 178 valence electrons. The summed E-state index contributed by atoms with van der Waals surface area (Å²) >= 11 is 0. The summed E-state index contributed by atoms with van der Waals surface area (Å²) in [5, 5.41) is 4.39. The molecule has 1 aliphatic rings. The van der Waals surface area contributed by atoms with Crippen LogP contribution in [0.4, 0.5) is 0 Å². The van der Waals surface area contributed by atoms with Gasteiger partial charge in [-0.2, -0.15) is 4.94 Å². The molecule has 0 spiro atoms. The average Bonchev–Trinajstić information content (AvgIpc) is 3.51. The van der Waals surface area contributed by atoms with Crippen molar-refractivity contribution in [2.45, 2.75) is 39.0 Å². The van der Waals surface area contributed by atoms with E-state index in [1.54, 1.807) is 5.06 Å². The highest BCUT2D eigenvalue weighted by Crippen LogP contribution is 2.30. The van der Waals surface area contributed by atoms with E-state index in [0.29, 0.717) is 18.4 Å². The molecule has 4 rings (SSSR count). The van der Waals surface area contributed by atoms with E-state index in [1.807, 2.05) is 19.4 Å². The number of hydroxylamine groups is 3. The van der Waals surface area contributed by atoms with Crippen molar-refractivity contribution < 1.29 is 9.73 Å². The van der Waals surface area contributed by atoms with Crippen LogP contribution in [0, 0.1) is 5.92 Å². The van der Waals surface area contributed by atoms with E-state index in [4.69, 9.17) is 9.92 Å². The summed E-state index contributed by atoms with van der Waals surface area (Å²) in [5.74, 6) is 1.96. The molecule has 1 aliphatic heterocycles. The molecule has 7 heteroatoms. The van der Waals surface area contributed by atoms with Crippen LogP contribution >= 0.6 is 0 Å². The minimum Gasteiger partial charge on any atom is -0.359 e. The van der Waals surface area contributed by atoms with Crippen LogP contribution in [0.3, 0.4) is 0 Å². The number of H-pyrrole nitrogens is 1. The number of amides is 1. The molecule has 34 heavy (non-hydrogen) atoms. The molecule has 0 fully saturated rings. The Kier molecular flexibility index (Phi) is 7.65. The zero-order valence-corrected chi connectivity index (χ0v) is 20.0. The van der Waals surface area contributed by atoms with E-state index in [-0.39, 0.29) is 0 Å². The van der Waals surface area contributed by atoms with E-state index >= 15 is 0 Å². The fraction of sp³-hybridized carbons (Fsp3) is 0.333. The van der Waals surface area contributed by atoms with E-state index in [9.17, 15) is 4.79 Å². The van der Waals surface area contributed by atoms with Gasteiger partial charge in [0, 0.05) is 25.1 Å². The van der Waals surface area contributed by atoms with Gasteiger partial charge in [0.05, 0.1) is 23.8 Å². The van der Waals surface area contributed by atoms with Crippen molar-refractivity contribution >= 4 is 12.1 Å². The Morgan fingerprint density at radius 2 is 1.68 bits per heavy atom. The first kappa shape index (κ1) is 23.6. The second-order valence-electron chi connectivity index (χ2n) is 9.16. The number of hydrogen-bond donors (Lipinski definition) is 3. The van der Waals surface area contributed by atoms with Crippen molar-refractivity contribution in [1.29, 1.82) is 0 Å². The maximum Gasteiger partial charge on any atom is 0.207 e. The topological polar surface area (TPSA) is 82.3 Å². The van der Waals surface area contributed by atoms with Crippen LogP contribution < -0.4 is 10.8 Å². The van der Waals surface area contributed by atoms with Crippen LogP contribution in [0.1, 0.15) is 50.4 Å². The van der Waals surface area contributed by atoms with Gasteiger partial charge >= 0.3 is 0 Å². The third-order valence-electron chi connectivity index (χ3n) is 6.03. The van der Waals surface area contributed by atoms with E-state index in [1.165, 1.54) is 0 Å². The monoisotopic (exact) mass is 459 g/mol. The maximum atomic E-state index is 10.5. The van der Waals surface area contributed by atoms with Gasteiger partial charge in [0.2, 0.25) is 6.41 Å². The zero-order valence-electron chi connectivity index (χ0n) is 20.0. The van der Waals surface area contributed by atoms with Gasteiger partial charge in [0.1, 0.15) is 5.82 Å². The molecule has 2 aromatic carbocycles. The summed E-state index contributed by atoms with van der Waals surface area (Å²) in [5.41, 5.74) is 9.39. The number of benzene rings is 2. The van der Waals surface area contributed by atoms with Crippen molar-refractivity contribution in [3.63, 3.8) is 0 Å². The summed E-state index contributed by atoms with van der Waals surface area (Å²) in [6.07, 6.45) is 7.61. The molecule has 0 radical (unpaired) electrons. The minimum absolute atomic E-state index is 0.356. The Bertz CT molecular complexity index is 1100. The third-order valence-corrected chi connectivity index (χ3v) is 6.03. The summed E-state index contributed by atoms with van der Waals surface area (Å²) in [6.45, 7) is 5.17. The van der Waals surface area contributed by atoms with Gasteiger partial charge < -0.3 is 10.3 Å². The summed E-state index contributed by atoms with van der Waals surface area (Å²) in [6, 6.07) is 17.0. The van der Waals surface area contributed by atoms with E-state index in [2.05, 4.69) is 78.2 Å². The predicted molar refractivity (Wildman–Crippen MR) is 135 cm³/mol. The Hall–Kier alpha value is -3.58. The molecule has 1 unspecified atom stereocenters. The van der Waals surface area contributed by atoms with Crippen LogP contribution in [0.5, 0.6) is 0 Å². The lowest BCUT2D eigenvalue weighted by Crippen LogP contribution is -2.14. The second kappa shape index (κ2) is 11.0. The summed E-state index contributed by atoms with van der Waals surface area (Å²) in [7, 11) is 1.84. The molecule has 1 amide bonds. The van der Waals surface area contributed by atoms with Gasteiger partial charge in [0.25, 0.3) is 0 Å². The molecular weight excluding hydrogens is 426 g/mol. The van der Waals surface area contributed by atoms with Crippen molar-refractivity contribution in [3.8, 4) is 22.4 Å². The smallest absolute Gasteiger partial charge is 0.207 e. The highest BCUT2D eigenvalue weighted by atomic mass is 16.8.